The van der Waals surface area contributed by atoms with E-state index in [1.165, 1.54) is 0 Å². The molecule has 26 heavy (non-hydrogen) atoms. The van der Waals surface area contributed by atoms with E-state index >= 15 is 0 Å². The van der Waals surface area contributed by atoms with Crippen LogP contribution in [-0.4, -0.2) is 52.9 Å². The number of hydrogen-bond acceptors (Lipinski definition) is 5. The first kappa shape index (κ1) is 18.7. The fraction of sp³-hybridized carbons (Fsp3) is 0.579. The van der Waals surface area contributed by atoms with E-state index < -0.39 is 0 Å². The van der Waals surface area contributed by atoms with Crippen LogP contribution in [-0.2, 0) is 22.6 Å². The number of carbonyl (C=O) groups excluding carboxylic acids is 1. The highest BCUT2D eigenvalue weighted by Gasteiger charge is 2.26. The van der Waals surface area contributed by atoms with Gasteiger partial charge in [0, 0.05) is 38.3 Å². The van der Waals surface area contributed by atoms with Crippen LogP contribution < -0.4 is 5.32 Å². The minimum Gasteiger partial charge on any atom is -0.465 e. The quantitative estimate of drug-likeness (QED) is 0.728. The smallest absolute Gasteiger partial charge is 0.221 e. The van der Waals surface area contributed by atoms with Gasteiger partial charge in [-0.25, -0.2) is 0 Å². The lowest BCUT2D eigenvalue weighted by Gasteiger charge is -2.34. The molecule has 1 atom stereocenters. The second-order valence-corrected chi connectivity index (χ2v) is 6.90. The van der Waals surface area contributed by atoms with Crippen molar-refractivity contribution in [3.8, 4) is 0 Å². The molecule has 7 heteroatoms. The van der Waals surface area contributed by atoms with Gasteiger partial charge in [-0.2, -0.15) is 5.10 Å². The van der Waals surface area contributed by atoms with Gasteiger partial charge in [0.25, 0.3) is 0 Å². The number of rotatable bonds is 8. The third kappa shape index (κ3) is 5.44. The number of aryl methyl sites for hydroxylation is 3. The van der Waals surface area contributed by atoms with Crippen LogP contribution in [0.15, 0.2) is 28.9 Å². The van der Waals surface area contributed by atoms with E-state index in [2.05, 4.69) is 15.3 Å². The second kappa shape index (κ2) is 9.00. The molecule has 2 aromatic heterocycles. The number of hydrogen-bond donors (Lipinski definition) is 1. The molecule has 1 fully saturated rings. The highest BCUT2D eigenvalue weighted by Crippen LogP contribution is 2.16. The van der Waals surface area contributed by atoms with Crippen molar-refractivity contribution < 1.29 is 13.9 Å². The van der Waals surface area contributed by atoms with Gasteiger partial charge in [-0.1, -0.05) is 0 Å². The van der Waals surface area contributed by atoms with Crippen LogP contribution >= 0.6 is 0 Å². The van der Waals surface area contributed by atoms with E-state index in [-0.39, 0.29) is 11.9 Å². The number of ether oxygens (including phenoxy) is 1. The molecule has 0 bridgehead atoms. The van der Waals surface area contributed by atoms with Gasteiger partial charge in [0.2, 0.25) is 5.91 Å². The highest BCUT2D eigenvalue weighted by molar-refractivity contribution is 5.76. The van der Waals surface area contributed by atoms with Gasteiger partial charge in [-0.05, 0) is 38.0 Å². The number of amides is 1. The van der Waals surface area contributed by atoms with Crippen molar-refractivity contribution in [3.63, 3.8) is 0 Å². The van der Waals surface area contributed by atoms with Gasteiger partial charge in [-0.15, -0.1) is 0 Å². The Balaban J connectivity index is 1.41. The van der Waals surface area contributed by atoms with Crippen molar-refractivity contribution in [2.24, 2.45) is 0 Å². The Morgan fingerprint density at radius 3 is 3.00 bits per heavy atom. The van der Waals surface area contributed by atoms with Crippen LogP contribution in [0, 0.1) is 13.8 Å². The molecule has 0 spiro atoms. The van der Waals surface area contributed by atoms with E-state index in [9.17, 15) is 4.79 Å². The van der Waals surface area contributed by atoms with Gasteiger partial charge in [0.05, 0.1) is 26.0 Å². The zero-order valence-electron chi connectivity index (χ0n) is 15.6. The van der Waals surface area contributed by atoms with E-state index in [0.29, 0.717) is 32.7 Å². The Bertz CT molecular complexity index is 709. The highest BCUT2D eigenvalue weighted by atomic mass is 16.5. The molecule has 1 saturated heterocycles. The fourth-order valence-corrected chi connectivity index (χ4v) is 3.20. The lowest BCUT2D eigenvalue weighted by molar-refractivity contribution is -0.124. The number of furan rings is 1. The zero-order chi connectivity index (χ0) is 18.4. The molecule has 1 N–H and O–H groups in total. The molecule has 1 aliphatic heterocycles. The van der Waals surface area contributed by atoms with Gasteiger partial charge < -0.3 is 14.5 Å². The normalized spacial score (nSPS) is 18.2. The first-order chi connectivity index (χ1) is 12.6. The molecule has 0 unspecified atom stereocenters. The molecule has 7 nitrogen and oxygen atoms in total. The van der Waals surface area contributed by atoms with Crippen LogP contribution in [0.1, 0.15) is 29.9 Å². The first-order valence-electron chi connectivity index (χ1n) is 9.23. The third-order valence-corrected chi connectivity index (χ3v) is 4.57. The molecule has 0 radical (unpaired) electrons. The van der Waals surface area contributed by atoms with Crippen molar-refractivity contribution in [2.45, 2.75) is 45.8 Å². The largest absolute Gasteiger partial charge is 0.465 e. The molecule has 3 heterocycles. The fourth-order valence-electron chi connectivity index (χ4n) is 3.20. The van der Waals surface area contributed by atoms with E-state index in [1.807, 2.05) is 43.1 Å². The number of carbonyl (C=O) groups is 1. The van der Waals surface area contributed by atoms with Crippen molar-refractivity contribution in [3.05, 3.63) is 41.6 Å². The predicted molar refractivity (Wildman–Crippen MR) is 97.7 cm³/mol. The van der Waals surface area contributed by atoms with Crippen LogP contribution in [0.2, 0.25) is 0 Å². The summed E-state index contributed by atoms with van der Waals surface area (Å²) in [5.74, 6) is 1.91. The summed E-state index contributed by atoms with van der Waals surface area (Å²) in [5.41, 5.74) is 1.15. The number of morpholine rings is 1. The maximum absolute atomic E-state index is 12.3. The molecule has 142 valence electrons. The predicted octanol–water partition coefficient (Wildman–Crippen LogP) is 1.89. The second-order valence-electron chi connectivity index (χ2n) is 6.90. The summed E-state index contributed by atoms with van der Waals surface area (Å²) in [7, 11) is 0. The van der Waals surface area contributed by atoms with Gasteiger partial charge in [0.1, 0.15) is 11.5 Å². The van der Waals surface area contributed by atoms with Crippen molar-refractivity contribution in [1.82, 2.24) is 20.0 Å². The van der Waals surface area contributed by atoms with Crippen molar-refractivity contribution >= 4 is 5.91 Å². The third-order valence-electron chi connectivity index (χ3n) is 4.57. The molecule has 1 amide bonds. The topological polar surface area (TPSA) is 72.5 Å². The molecule has 0 aromatic carbocycles. The molecule has 1 aliphatic rings. The summed E-state index contributed by atoms with van der Waals surface area (Å²) in [6.07, 6.45) is 5.16. The summed E-state index contributed by atoms with van der Waals surface area (Å²) < 4.78 is 13.2. The number of aromatic nitrogens is 2. The number of nitrogens with zero attached hydrogens (tertiary/aromatic N) is 3. The molecular weight excluding hydrogens is 332 g/mol. The Morgan fingerprint density at radius 1 is 1.38 bits per heavy atom. The standard InChI is InChI=1S/C19H28N4O3/c1-15-11-21-23(12-15)7-3-6-20-19(24)10-17-14-25-9-8-22(17)13-18-5-4-16(2)26-18/h4-5,11-12,17H,3,6-10,13-14H2,1-2H3,(H,20,24)/t17-/m0/s1. The SMILES string of the molecule is Cc1cnn(CCCNC(=O)C[C@H]2COCCN2Cc2ccc(C)o2)c1. The van der Waals surface area contributed by atoms with E-state index in [4.69, 9.17) is 9.15 Å². The van der Waals surface area contributed by atoms with Crippen LogP contribution in [0.5, 0.6) is 0 Å². The minimum absolute atomic E-state index is 0.0674. The average Bonchev–Trinajstić information content (AvgIpc) is 3.21. The van der Waals surface area contributed by atoms with Crippen LogP contribution in [0.3, 0.4) is 0 Å². The van der Waals surface area contributed by atoms with Crippen molar-refractivity contribution in [2.75, 3.05) is 26.3 Å². The maximum atomic E-state index is 12.3. The van der Waals surface area contributed by atoms with Gasteiger partial charge >= 0.3 is 0 Å². The van der Waals surface area contributed by atoms with Gasteiger partial charge in [0.15, 0.2) is 0 Å². The molecule has 2 aromatic rings. The monoisotopic (exact) mass is 360 g/mol. The Morgan fingerprint density at radius 2 is 2.27 bits per heavy atom. The summed E-state index contributed by atoms with van der Waals surface area (Å²) in [6.45, 7) is 8.24. The van der Waals surface area contributed by atoms with E-state index in [0.717, 1.165) is 36.6 Å². The number of nitrogens with one attached hydrogen (secondary N) is 1. The zero-order valence-corrected chi connectivity index (χ0v) is 15.6. The molecular formula is C19H28N4O3. The van der Waals surface area contributed by atoms with Crippen molar-refractivity contribution in [1.29, 1.82) is 0 Å². The summed E-state index contributed by atoms with van der Waals surface area (Å²) in [4.78, 5) is 14.6. The Hall–Kier alpha value is -2.12. The average molecular weight is 360 g/mol. The Kier molecular flexibility index (Phi) is 6.46. The maximum Gasteiger partial charge on any atom is 0.221 e. The lowest BCUT2D eigenvalue weighted by atomic mass is 10.1. The Labute approximate surface area is 154 Å². The summed E-state index contributed by atoms with van der Waals surface area (Å²) in [6, 6.07) is 4.06. The van der Waals surface area contributed by atoms with Gasteiger partial charge in [-0.3, -0.25) is 14.4 Å². The van der Waals surface area contributed by atoms with E-state index in [1.54, 1.807) is 0 Å². The first-order valence-corrected chi connectivity index (χ1v) is 9.23. The summed E-state index contributed by atoms with van der Waals surface area (Å²) in [5, 5.41) is 7.26. The van der Waals surface area contributed by atoms with Crippen LogP contribution in [0.4, 0.5) is 0 Å². The molecule has 3 rings (SSSR count). The van der Waals surface area contributed by atoms with Crippen LogP contribution in [0.25, 0.3) is 0 Å². The minimum atomic E-state index is 0.0674. The summed E-state index contributed by atoms with van der Waals surface area (Å²) >= 11 is 0. The molecule has 0 saturated carbocycles. The lowest BCUT2D eigenvalue weighted by Crippen LogP contribution is -2.47. The molecule has 0 aliphatic carbocycles.